The molecule has 7 nitrogen and oxygen atoms in total. The molecule has 1 aromatic heterocycles. The molecule has 30 heavy (non-hydrogen) atoms. The van der Waals surface area contributed by atoms with Crippen LogP contribution in [0.3, 0.4) is 0 Å². The fourth-order valence-corrected chi connectivity index (χ4v) is 3.62. The minimum atomic E-state index is -0.558. The van der Waals surface area contributed by atoms with Gasteiger partial charge in [0, 0.05) is 18.2 Å². The Hall–Kier alpha value is -3.70. The van der Waals surface area contributed by atoms with E-state index in [9.17, 15) is 9.50 Å². The van der Waals surface area contributed by atoms with Crippen molar-refractivity contribution in [3.63, 3.8) is 0 Å². The highest BCUT2D eigenvalue weighted by atomic mass is 19.1. The van der Waals surface area contributed by atoms with Gasteiger partial charge < -0.3 is 19.6 Å². The Labute approximate surface area is 172 Å². The Balaban J connectivity index is 1.65. The molecule has 0 radical (unpaired) electrons. The van der Waals surface area contributed by atoms with E-state index in [-0.39, 0.29) is 24.1 Å². The molecule has 8 heteroatoms. The SMILES string of the molecule is Cc1ncc(C(=N)c2cc(OC3CCc4cc(C#N)c(F)cc43)ccc2NCO)o1. The third-order valence-electron chi connectivity index (χ3n) is 5.05. The van der Waals surface area contributed by atoms with Crippen LogP contribution in [-0.2, 0) is 6.42 Å². The number of aromatic nitrogens is 1. The number of hydrogen-bond donors (Lipinski definition) is 3. The number of fused-ring (bicyclic) bond motifs is 1. The number of benzene rings is 2. The molecule has 1 aliphatic rings. The van der Waals surface area contributed by atoms with Crippen LogP contribution in [0.1, 0.15) is 46.4 Å². The van der Waals surface area contributed by atoms with Gasteiger partial charge in [0.25, 0.3) is 0 Å². The highest BCUT2D eigenvalue weighted by Crippen LogP contribution is 2.37. The standard InChI is InChI=1S/C22H19FN4O3/c1-12-26-10-21(29-12)22(25)17-7-15(3-4-19(17)27-11-28)30-20-5-2-13-6-14(9-24)18(23)8-16(13)20/h3-4,6-8,10,20,25,27-28H,2,5,11H2,1H3. The fourth-order valence-electron chi connectivity index (χ4n) is 3.62. The van der Waals surface area contributed by atoms with Crippen LogP contribution in [0.5, 0.6) is 5.75 Å². The summed E-state index contributed by atoms with van der Waals surface area (Å²) < 4.78 is 25.7. The van der Waals surface area contributed by atoms with Gasteiger partial charge in [-0.05, 0) is 54.3 Å². The number of anilines is 1. The predicted octanol–water partition coefficient (Wildman–Crippen LogP) is 3.84. The summed E-state index contributed by atoms with van der Waals surface area (Å²) >= 11 is 0. The molecule has 1 heterocycles. The molecule has 1 unspecified atom stereocenters. The van der Waals surface area contributed by atoms with Gasteiger partial charge in [0.2, 0.25) is 0 Å². The van der Waals surface area contributed by atoms with E-state index in [0.717, 1.165) is 11.1 Å². The Morgan fingerprint density at radius 3 is 2.97 bits per heavy atom. The Morgan fingerprint density at radius 2 is 2.27 bits per heavy atom. The van der Waals surface area contributed by atoms with Crippen LogP contribution >= 0.6 is 0 Å². The number of nitrogens with zero attached hydrogens (tertiary/aromatic N) is 2. The Bertz CT molecular complexity index is 1170. The summed E-state index contributed by atoms with van der Waals surface area (Å²) in [6.07, 6.45) is 2.47. The first-order valence-corrected chi connectivity index (χ1v) is 9.39. The number of aliphatic hydroxyl groups excluding tert-OH is 1. The lowest BCUT2D eigenvalue weighted by Crippen LogP contribution is -2.10. The van der Waals surface area contributed by atoms with Crippen molar-refractivity contribution in [2.24, 2.45) is 0 Å². The molecule has 0 saturated heterocycles. The number of nitriles is 1. The van der Waals surface area contributed by atoms with E-state index in [1.54, 1.807) is 31.2 Å². The Kier molecular flexibility index (Phi) is 5.21. The van der Waals surface area contributed by atoms with Crippen molar-refractivity contribution in [3.8, 4) is 11.8 Å². The molecule has 1 aliphatic carbocycles. The largest absolute Gasteiger partial charge is 0.486 e. The minimum absolute atomic E-state index is 0.0342. The summed E-state index contributed by atoms with van der Waals surface area (Å²) in [6.45, 7) is 1.39. The zero-order valence-electron chi connectivity index (χ0n) is 16.2. The number of halogens is 1. The lowest BCUT2D eigenvalue weighted by Gasteiger charge is -2.18. The number of oxazole rings is 1. The second-order valence-corrected chi connectivity index (χ2v) is 6.95. The quantitative estimate of drug-likeness (QED) is 0.423. The van der Waals surface area contributed by atoms with E-state index in [2.05, 4.69) is 10.3 Å². The van der Waals surface area contributed by atoms with Crippen LogP contribution in [0, 0.1) is 29.5 Å². The second kappa shape index (κ2) is 7.97. The molecule has 152 valence electrons. The summed E-state index contributed by atoms with van der Waals surface area (Å²) in [6, 6.07) is 9.91. The zero-order chi connectivity index (χ0) is 21.3. The summed E-state index contributed by atoms with van der Waals surface area (Å²) in [4.78, 5) is 4.02. The molecule has 0 fully saturated rings. The maximum Gasteiger partial charge on any atom is 0.191 e. The maximum atomic E-state index is 14.1. The van der Waals surface area contributed by atoms with E-state index in [1.807, 2.05) is 6.07 Å². The number of nitrogens with one attached hydrogen (secondary N) is 2. The van der Waals surface area contributed by atoms with Gasteiger partial charge >= 0.3 is 0 Å². The first-order valence-electron chi connectivity index (χ1n) is 9.39. The second-order valence-electron chi connectivity index (χ2n) is 6.95. The van der Waals surface area contributed by atoms with Gasteiger partial charge in [-0.15, -0.1) is 0 Å². The van der Waals surface area contributed by atoms with Crippen molar-refractivity contribution in [3.05, 3.63) is 76.3 Å². The molecule has 3 N–H and O–H groups in total. The molecule has 0 bridgehead atoms. The van der Waals surface area contributed by atoms with Crippen LogP contribution in [0.4, 0.5) is 10.1 Å². The highest BCUT2D eigenvalue weighted by Gasteiger charge is 2.26. The molecule has 3 aromatic rings. The average molecular weight is 406 g/mol. The number of rotatable bonds is 6. The van der Waals surface area contributed by atoms with Gasteiger partial charge in [-0.25, -0.2) is 9.37 Å². The van der Waals surface area contributed by atoms with E-state index < -0.39 is 5.82 Å². The first kappa shape index (κ1) is 19.6. The van der Waals surface area contributed by atoms with Gasteiger partial charge in [0.15, 0.2) is 11.7 Å². The molecular weight excluding hydrogens is 387 g/mol. The number of hydrogen-bond acceptors (Lipinski definition) is 7. The van der Waals surface area contributed by atoms with Gasteiger partial charge in [-0.3, -0.25) is 5.41 Å². The lowest BCUT2D eigenvalue weighted by molar-refractivity contribution is 0.207. The average Bonchev–Trinajstić information content (AvgIpc) is 3.34. The minimum Gasteiger partial charge on any atom is -0.486 e. The van der Waals surface area contributed by atoms with Gasteiger partial charge in [-0.2, -0.15) is 5.26 Å². The molecular formula is C22H19FN4O3. The smallest absolute Gasteiger partial charge is 0.191 e. The normalized spacial score (nSPS) is 14.8. The van der Waals surface area contributed by atoms with Crippen LogP contribution in [-0.4, -0.2) is 22.5 Å². The van der Waals surface area contributed by atoms with Crippen molar-refractivity contribution in [2.45, 2.75) is 25.9 Å². The summed E-state index contributed by atoms with van der Waals surface area (Å²) in [5.41, 5.74) is 2.77. The summed E-state index contributed by atoms with van der Waals surface area (Å²) in [5, 5.41) is 29.6. The summed E-state index contributed by atoms with van der Waals surface area (Å²) in [7, 11) is 0. The van der Waals surface area contributed by atoms with Crippen molar-refractivity contribution in [1.29, 1.82) is 10.7 Å². The van der Waals surface area contributed by atoms with Crippen molar-refractivity contribution < 1.29 is 18.7 Å². The van der Waals surface area contributed by atoms with Gasteiger partial charge in [-0.1, -0.05) is 0 Å². The van der Waals surface area contributed by atoms with Crippen molar-refractivity contribution in [2.75, 3.05) is 12.0 Å². The fraction of sp³-hybridized carbons (Fsp3) is 0.227. The third-order valence-corrected chi connectivity index (χ3v) is 5.05. The first-order chi connectivity index (χ1) is 14.5. The monoisotopic (exact) mass is 406 g/mol. The van der Waals surface area contributed by atoms with E-state index in [1.165, 1.54) is 12.3 Å². The van der Waals surface area contributed by atoms with Crippen LogP contribution in [0.15, 0.2) is 40.9 Å². The molecule has 0 aliphatic heterocycles. The van der Waals surface area contributed by atoms with E-state index in [4.69, 9.17) is 19.8 Å². The maximum absolute atomic E-state index is 14.1. The molecule has 1 atom stereocenters. The zero-order valence-corrected chi connectivity index (χ0v) is 16.2. The Morgan fingerprint density at radius 1 is 1.43 bits per heavy atom. The van der Waals surface area contributed by atoms with Crippen molar-refractivity contribution in [1.82, 2.24) is 4.98 Å². The highest BCUT2D eigenvalue weighted by molar-refractivity contribution is 6.12. The van der Waals surface area contributed by atoms with E-state index in [0.29, 0.717) is 41.5 Å². The van der Waals surface area contributed by atoms with Crippen LogP contribution < -0.4 is 10.1 Å². The topological polar surface area (TPSA) is 115 Å². The summed E-state index contributed by atoms with van der Waals surface area (Å²) in [5.74, 6) is 0.678. The third kappa shape index (κ3) is 3.63. The van der Waals surface area contributed by atoms with Gasteiger partial charge in [0.05, 0.1) is 11.8 Å². The van der Waals surface area contributed by atoms with Gasteiger partial charge in [0.1, 0.15) is 36.2 Å². The van der Waals surface area contributed by atoms with Crippen molar-refractivity contribution >= 4 is 11.4 Å². The number of aliphatic hydroxyl groups is 1. The van der Waals surface area contributed by atoms with Crippen LogP contribution in [0.2, 0.25) is 0 Å². The lowest BCUT2D eigenvalue weighted by atomic mass is 10.0. The molecule has 4 rings (SSSR count). The number of ether oxygens (including phenoxy) is 1. The predicted molar refractivity (Wildman–Crippen MR) is 107 cm³/mol. The van der Waals surface area contributed by atoms with E-state index >= 15 is 0 Å². The molecule has 0 amide bonds. The molecule has 0 spiro atoms. The molecule has 0 saturated carbocycles. The number of aryl methyl sites for hydroxylation is 2. The molecule has 2 aromatic carbocycles. The van der Waals surface area contributed by atoms with Crippen LogP contribution in [0.25, 0.3) is 0 Å².